The maximum atomic E-state index is 14.1. The molecule has 5 amide bonds. The number of hydrogen-bond donors (Lipinski definition) is 3. The minimum atomic E-state index is -0.843. The van der Waals surface area contributed by atoms with Crippen LogP contribution in [0.4, 0.5) is 21.0 Å². The highest BCUT2D eigenvalue weighted by molar-refractivity contribution is 9.11. The van der Waals surface area contributed by atoms with Crippen molar-refractivity contribution in [3.05, 3.63) is 56.5 Å². The quantitative estimate of drug-likeness (QED) is 0.347. The Kier molecular flexibility index (Phi) is 10.2. The first-order valence-electron chi connectivity index (χ1n) is 16.3. The van der Waals surface area contributed by atoms with Crippen LogP contribution in [0, 0.1) is 0 Å². The zero-order valence-electron chi connectivity index (χ0n) is 25.6. The fourth-order valence-corrected chi connectivity index (χ4v) is 8.53. The van der Waals surface area contributed by atoms with Crippen molar-refractivity contribution >= 4 is 61.2 Å². The van der Waals surface area contributed by atoms with E-state index in [1.165, 1.54) is 19.3 Å². The standard InChI is InChI=1S/C33H43Br2N7O3/c34-26-20-23(21-27(35)29(26)36)30(31(43)40-15-9-24(10-16-40)39-13-4-1-5-14-39)38-32(44)41-17-11-25(12-18-41)42-19-8-22-6-2-3-7-28(22)37-33(42)45/h2-3,6-7,20-21,24-25,30H,1,4-5,8-19,36H2,(H,37,45)(H,38,44)/t30-/m1/s1. The molecule has 4 N–H and O–H groups in total. The van der Waals surface area contributed by atoms with E-state index in [1.54, 1.807) is 4.90 Å². The number of anilines is 2. The van der Waals surface area contributed by atoms with Crippen LogP contribution in [0.1, 0.15) is 62.1 Å². The van der Waals surface area contributed by atoms with Crippen molar-refractivity contribution in [3.63, 3.8) is 0 Å². The highest BCUT2D eigenvalue weighted by Gasteiger charge is 2.36. The zero-order chi connectivity index (χ0) is 31.5. The summed E-state index contributed by atoms with van der Waals surface area (Å²) in [6.07, 6.45) is 7.87. The number of benzene rings is 2. The smallest absolute Gasteiger partial charge is 0.322 e. The van der Waals surface area contributed by atoms with Crippen molar-refractivity contribution in [2.45, 2.75) is 69.5 Å². The molecule has 4 aliphatic rings. The third-order valence-electron chi connectivity index (χ3n) is 9.97. The molecule has 2 aromatic rings. The predicted octanol–water partition coefficient (Wildman–Crippen LogP) is 5.58. The van der Waals surface area contributed by atoms with Gasteiger partial charge >= 0.3 is 12.1 Å². The van der Waals surface area contributed by atoms with Crippen molar-refractivity contribution in [1.82, 2.24) is 24.9 Å². The summed E-state index contributed by atoms with van der Waals surface area (Å²) in [7, 11) is 0. The Morgan fingerprint density at radius 3 is 2.16 bits per heavy atom. The van der Waals surface area contributed by atoms with Crippen LogP contribution < -0.4 is 16.4 Å². The molecule has 10 nitrogen and oxygen atoms in total. The molecular weight excluding hydrogens is 702 g/mol. The zero-order valence-corrected chi connectivity index (χ0v) is 28.8. The predicted molar refractivity (Wildman–Crippen MR) is 183 cm³/mol. The van der Waals surface area contributed by atoms with E-state index < -0.39 is 6.04 Å². The minimum absolute atomic E-state index is 0.0472. The Morgan fingerprint density at radius 2 is 1.47 bits per heavy atom. The lowest BCUT2D eigenvalue weighted by atomic mass is 9.98. The fraction of sp³-hybridized carbons (Fsp3) is 0.545. The second kappa shape index (κ2) is 14.3. The number of nitrogens with two attached hydrogens (primary N) is 1. The molecule has 0 radical (unpaired) electrons. The first-order valence-corrected chi connectivity index (χ1v) is 17.9. The lowest BCUT2D eigenvalue weighted by molar-refractivity contribution is -0.135. The molecule has 4 aliphatic heterocycles. The van der Waals surface area contributed by atoms with E-state index in [1.807, 2.05) is 40.1 Å². The van der Waals surface area contributed by atoms with Crippen LogP contribution in [-0.2, 0) is 11.2 Å². The van der Waals surface area contributed by atoms with E-state index in [0.29, 0.717) is 71.8 Å². The Labute approximate surface area is 282 Å². The number of carbonyl (C=O) groups is 3. The molecule has 45 heavy (non-hydrogen) atoms. The molecule has 3 fully saturated rings. The molecule has 0 unspecified atom stereocenters. The van der Waals surface area contributed by atoms with Gasteiger partial charge in [-0.3, -0.25) is 4.79 Å². The highest BCUT2D eigenvalue weighted by atomic mass is 79.9. The SMILES string of the molecule is Nc1c(Br)cc([C@@H](NC(=O)N2CCC(N3CCc4ccccc4NC3=O)CC2)C(=O)N2CCC(N3CCCCC3)CC2)cc1Br. The summed E-state index contributed by atoms with van der Waals surface area (Å²) in [6.45, 7) is 5.31. The Balaban J connectivity index is 1.10. The first kappa shape index (κ1) is 32.1. The average molecular weight is 746 g/mol. The Morgan fingerprint density at radius 1 is 0.844 bits per heavy atom. The summed E-state index contributed by atoms with van der Waals surface area (Å²) in [6, 6.07) is 10.9. The number of hydrogen-bond acceptors (Lipinski definition) is 5. The summed E-state index contributed by atoms with van der Waals surface area (Å²) in [4.78, 5) is 49.1. The van der Waals surface area contributed by atoms with E-state index >= 15 is 0 Å². The number of likely N-dealkylation sites (tertiary alicyclic amines) is 3. The number of nitrogens with one attached hydrogen (secondary N) is 2. The fourth-order valence-electron chi connectivity index (χ4n) is 7.31. The van der Waals surface area contributed by atoms with Gasteiger partial charge in [-0.25, -0.2) is 9.59 Å². The second-order valence-electron chi connectivity index (χ2n) is 12.7. The largest absolute Gasteiger partial charge is 0.397 e. The van der Waals surface area contributed by atoms with Crippen molar-refractivity contribution in [1.29, 1.82) is 0 Å². The van der Waals surface area contributed by atoms with E-state index in [-0.39, 0.29) is 24.0 Å². The van der Waals surface area contributed by atoms with Gasteiger partial charge in [0.05, 0.1) is 5.69 Å². The first-order chi connectivity index (χ1) is 21.8. The third kappa shape index (κ3) is 7.28. The van der Waals surface area contributed by atoms with Gasteiger partial charge in [-0.1, -0.05) is 24.6 Å². The van der Waals surface area contributed by atoms with Crippen molar-refractivity contribution in [3.8, 4) is 0 Å². The molecule has 0 aromatic heterocycles. The van der Waals surface area contributed by atoms with E-state index in [9.17, 15) is 14.4 Å². The van der Waals surface area contributed by atoms with Crippen molar-refractivity contribution < 1.29 is 14.4 Å². The molecule has 3 saturated heterocycles. The van der Waals surface area contributed by atoms with Crippen LogP contribution in [0.25, 0.3) is 0 Å². The number of nitrogens with zero attached hydrogens (tertiary/aromatic N) is 4. The molecular formula is C33H43Br2N7O3. The highest BCUT2D eigenvalue weighted by Crippen LogP contribution is 2.33. The molecule has 0 aliphatic carbocycles. The number of para-hydroxylation sites is 1. The topological polar surface area (TPSA) is 114 Å². The van der Waals surface area contributed by atoms with Gasteiger partial charge in [-0.15, -0.1) is 0 Å². The summed E-state index contributed by atoms with van der Waals surface area (Å²) in [5, 5.41) is 6.14. The van der Waals surface area contributed by atoms with Gasteiger partial charge in [0, 0.05) is 59.4 Å². The van der Waals surface area contributed by atoms with Crippen LogP contribution in [0.2, 0.25) is 0 Å². The summed E-state index contributed by atoms with van der Waals surface area (Å²) >= 11 is 7.05. The van der Waals surface area contributed by atoms with Crippen LogP contribution in [0.3, 0.4) is 0 Å². The van der Waals surface area contributed by atoms with E-state index in [4.69, 9.17) is 5.73 Å². The lowest BCUT2D eigenvalue weighted by Gasteiger charge is -2.41. The van der Waals surface area contributed by atoms with Crippen molar-refractivity contribution in [2.24, 2.45) is 0 Å². The number of amides is 5. The van der Waals surface area contributed by atoms with Gasteiger partial charge in [0.2, 0.25) is 5.91 Å². The van der Waals surface area contributed by atoms with Gasteiger partial charge in [-0.2, -0.15) is 0 Å². The van der Waals surface area contributed by atoms with Crippen LogP contribution >= 0.6 is 31.9 Å². The molecule has 4 heterocycles. The normalized spacial score (nSPS) is 21.1. The maximum Gasteiger partial charge on any atom is 0.322 e. The van der Waals surface area contributed by atoms with Gasteiger partial charge in [0.15, 0.2) is 0 Å². The van der Waals surface area contributed by atoms with Crippen LogP contribution in [0.15, 0.2) is 45.3 Å². The molecule has 6 rings (SSSR count). The molecule has 242 valence electrons. The second-order valence-corrected chi connectivity index (χ2v) is 14.4. The minimum Gasteiger partial charge on any atom is -0.397 e. The van der Waals surface area contributed by atoms with Crippen LogP contribution in [0.5, 0.6) is 0 Å². The maximum absolute atomic E-state index is 14.1. The number of piperidine rings is 3. The summed E-state index contributed by atoms with van der Waals surface area (Å²) in [5.74, 6) is -0.0975. The van der Waals surface area contributed by atoms with Crippen LogP contribution in [-0.4, -0.2) is 95.5 Å². The van der Waals surface area contributed by atoms with Gasteiger partial charge < -0.3 is 36.0 Å². The number of fused-ring (bicyclic) bond motifs is 1. The number of nitrogen functional groups attached to an aromatic ring is 1. The number of carbonyl (C=O) groups excluding carboxylic acids is 3. The Bertz CT molecular complexity index is 1380. The van der Waals surface area contributed by atoms with Crippen molar-refractivity contribution in [2.75, 3.05) is 56.9 Å². The number of urea groups is 2. The Hall–Kier alpha value is -2.83. The van der Waals surface area contributed by atoms with Gasteiger partial charge in [-0.05, 0) is 119 Å². The van der Waals surface area contributed by atoms with Gasteiger partial charge in [0.25, 0.3) is 0 Å². The number of rotatable bonds is 5. The van der Waals surface area contributed by atoms with Gasteiger partial charge in [0.1, 0.15) is 6.04 Å². The lowest BCUT2D eigenvalue weighted by Crippen LogP contribution is -2.54. The van der Waals surface area contributed by atoms with E-state index in [2.05, 4.69) is 53.5 Å². The summed E-state index contributed by atoms with van der Waals surface area (Å²) in [5.41, 5.74) is 9.40. The monoisotopic (exact) mass is 743 g/mol. The molecule has 2 aromatic carbocycles. The molecule has 0 saturated carbocycles. The number of halogens is 2. The molecule has 0 bridgehead atoms. The average Bonchev–Trinajstić information content (AvgIpc) is 3.24. The summed E-state index contributed by atoms with van der Waals surface area (Å²) < 4.78 is 1.34. The molecule has 1 atom stereocenters. The molecule has 12 heteroatoms. The molecule has 0 spiro atoms. The van der Waals surface area contributed by atoms with E-state index in [0.717, 1.165) is 43.6 Å². The third-order valence-corrected chi connectivity index (χ3v) is 11.3.